The molecule has 0 aromatic heterocycles. The van der Waals surface area contributed by atoms with E-state index in [1.807, 2.05) is 0 Å². The molecule has 4 nitrogen and oxygen atoms in total. The number of unbranched alkanes of at least 4 members (excludes halogenated alkanes) is 15. The number of hydrogen-bond acceptors (Lipinski definition) is 2. The highest BCUT2D eigenvalue weighted by molar-refractivity contribution is 7.83. The molecule has 0 radical (unpaired) electrons. The predicted octanol–water partition coefficient (Wildman–Crippen LogP) is 5.98. The third-order valence-electron chi connectivity index (χ3n) is 4.72. The summed E-state index contributed by atoms with van der Waals surface area (Å²) in [6, 6.07) is 0. The van der Waals surface area contributed by atoms with Crippen LogP contribution in [-0.2, 0) is 10.3 Å². The van der Waals surface area contributed by atoms with E-state index in [9.17, 15) is 8.42 Å². The standard InChI is InChI=1S/C19H41NO3S/c1-3-4-5-6-7-8-9-10-11-12-13-14-15-16-17-18-19-20(2)24(21,22)23/h3-19H2,1-2H3,(H,21,22,23). The van der Waals surface area contributed by atoms with Crippen molar-refractivity contribution in [2.75, 3.05) is 13.6 Å². The largest absolute Gasteiger partial charge is 0.335 e. The fourth-order valence-corrected chi connectivity index (χ4v) is 3.36. The molecule has 0 rings (SSSR count). The summed E-state index contributed by atoms with van der Waals surface area (Å²) < 4.78 is 31.4. The smallest absolute Gasteiger partial charge is 0.273 e. The van der Waals surface area contributed by atoms with Gasteiger partial charge >= 0.3 is 10.3 Å². The minimum absolute atomic E-state index is 0.414. The van der Waals surface area contributed by atoms with E-state index in [1.165, 1.54) is 90.5 Å². The minimum Gasteiger partial charge on any atom is -0.273 e. The van der Waals surface area contributed by atoms with Crippen LogP contribution in [0.5, 0.6) is 0 Å². The van der Waals surface area contributed by atoms with Gasteiger partial charge in [0.2, 0.25) is 0 Å². The minimum atomic E-state index is -3.99. The highest BCUT2D eigenvalue weighted by Crippen LogP contribution is 2.13. The van der Waals surface area contributed by atoms with Crippen molar-refractivity contribution in [3.8, 4) is 0 Å². The van der Waals surface area contributed by atoms with Gasteiger partial charge in [0.05, 0.1) is 0 Å². The zero-order valence-electron chi connectivity index (χ0n) is 16.1. The summed E-state index contributed by atoms with van der Waals surface area (Å²) in [7, 11) is -2.57. The van der Waals surface area contributed by atoms with Gasteiger partial charge in [-0.05, 0) is 6.42 Å². The van der Waals surface area contributed by atoms with E-state index < -0.39 is 10.3 Å². The molecule has 0 saturated carbocycles. The quantitative estimate of drug-likeness (QED) is 0.241. The molecule has 5 heteroatoms. The van der Waals surface area contributed by atoms with Gasteiger partial charge in [0.1, 0.15) is 0 Å². The van der Waals surface area contributed by atoms with Crippen molar-refractivity contribution in [1.82, 2.24) is 4.31 Å². The lowest BCUT2D eigenvalue weighted by Crippen LogP contribution is -2.26. The van der Waals surface area contributed by atoms with Crippen molar-refractivity contribution in [2.24, 2.45) is 0 Å². The van der Waals surface area contributed by atoms with Crippen molar-refractivity contribution in [3.05, 3.63) is 0 Å². The summed E-state index contributed by atoms with van der Waals surface area (Å²) in [6.07, 6.45) is 20.9. The van der Waals surface area contributed by atoms with E-state index in [4.69, 9.17) is 4.55 Å². The molecule has 0 bridgehead atoms. The predicted molar refractivity (Wildman–Crippen MR) is 104 cm³/mol. The first-order valence-corrected chi connectivity index (χ1v) is 11.6. The summed E-state index contributed by atoms with van der Waals surface area (Å²) >= 11 is 0. The molecular weight excluding hydrogens is 322 g/mol. The Morgan fingerprint density at radius 1 is 0.625 bits per heavy atom. The topological polar surface area (TPSA) is 57.6 Å². The van der Waals surface area contributed by atoms with Crippen LogP contribution < -0.4 is 0 Å². The molecule has 0 unspecified atom stereocenters. The first-order valence-electron chi connectivity index (χ1n) is 10.2. The fraction of sp³-hybridized carbons (Fsp3) is 1.00. The highest BCUT2D eigenvalue weighted by atomic mass is 32.2. The van der Waals surface area contributed by atoms with E-state index in [1.54, 1.807) is 0 Å². The van der Waals surface area contributed by atoms with Crippen LogP contribution >= 0.6 is 0 Å². The average molecular weight is 364 g/mol. The van der Waals surface area contributed by atoms with Gasteiger partial charge in [0, 0.05) is 13.6 Å². The Kier molecular flexibility index (Phi) is 16.3. The van der Waals surface area contributed by atoms with Gasteiger partial charge in [-0.1, -0.05) is 103 Å². The molecule has 0 aromatic carbocycles. The Labute approximate surface area is 151 Å². The van der Waals surface area contributed by atoms with E-state index in [2.05, 4.69) is 6.92 Å². The maximum atomic E-state index is 10.8. The van der Waals surface area contributed by atoms with Crippen LogP contribution in [-0.4, -0.2) is 30.9 Å². The molecule has 0 aromatic rings. The van der Waals surface area contributed by atoms with Crippen molar-refractivity contribution in [1.29, 1.82) is 0 Å². The Balaban J connectivity index is 3.13. The average Bonchev–Trinajstić information content (AvgIpc) is 2.53. The van der Waals surface area contributed by atoms with Crippen LogP contribution in [0.1, 0.15) is 110 Å². The normalized spacial score (nSPS) is 12.2. The van der Waals surface area contributed by atoms with Crippen LogP contribution in [0.25, 0.3) is 0 Å². The van der Waals surface area contributed by atoms with Crippen LogP contribution in [0.3, 0.4) is 0 Å². The highest BCUT2D eigenvalue weighted by Gasteiger charge is 2.11. The Morgan fingerprint density at radius 3 is 1.21 bits per heavy atom. The van der Waals surface area contributed by atoms with E-state index >= 15 is 0 Å². The Morgan fingerprint density at radius 2 is 0.917 bits per heavy atom. The lowest BCUT2D eigenvalue weighted by atomic mass is 10.0. The molecule has 1 N–H and O–H groups in total. The van der Waals surface area contributed by atoms with Crippen LogP contribution in [0.4, 0.5) is 0 Å². The molecular formula is C19H41NO3S. The summed E-state index contributed by atoms with van der Waals surface area (Å²) in [4.78, 5) is 0. The van der Waals surface area contributed by atoms with Gasteiger partial charge in [-0.15, -0.1) is 0 Å². The van der Waals surface area contributed by atoms with Gasteiger partial charge in [-0.2, -0.15) is 12.7 Å². The van der Waals surface area contributed by atoms with E-state index in [0.717, 1.165) is 23.6 Å². The molecule has 0 atom stereocenters. The van der Waals surface area contributed by atoms with Crippen molar-refractivity contribution in [2.45, 2.75) is 110 Å². The lowest BCUT2D eigenvalue weighted by Gasteiger charge is -2.11. The Hall–Kier alpha value is -0.130. The van der Waals surface area contributed by atoms with E-state index in [0.29, 0.717) is 6.54 Å². The molecule has 0 saturated heterocycles. The molecule has 0 spiro atoms. The van der Waals surface area contributed by atoms with Crippen molar-refractivity contribution in [3.63, 3.8) is 0 Å². The third-order valence-corrected chi connectivity index (χ3v) is 5.69. The summed E-state index contributed by atoms with van der Waals surface area (Å²) in [5.74, 6) is 0. The molecule has 0 aliphatic heterocycles. The number of hydrogen-bond donors (Lipinski definition) is 1. The van der Waals surface area contributed by atoms with E-state index in [-0.39, 0.29) is 0 Å². The monoisotopic (exact) mass is 363 g/mol. The van der Waals surface area contributed by atoms with Gasteiger partial charge in [-0.25, -0.2) is 0 Å². The third kappa shape index (κ3) is 16.7. The second kappa shape index (κ2) is 16.3. The SMILES string of the molecule is CCCCCCCCCCCCCCCCCCN(C)S(=O)(=O)O. The van der Waals surface area contributed by atoms with Crippen molar-refractivity contribution < 1.29 is 13.0 Å². The molecule has 0 aliphatic carbocycles. The molecule has 0 aliphatic rings. The molecule has 0 heterocycles. The fourth-order valence-electron chi connectivity index (χ4n) is 3.00. The summed E-state index contributed by atoms with van der Waals surface area (Å²) in [6.45, 7) is 2.68. The molecule has 0 amide bonds. The first kappa shape index (κ1) is 23.9. The number of rotatable bonds is 18. The van der Waals surface area contributed by atoms with Crippen LogP contribution in [0.2, 0.25) is 0 Å². The van der Waals surface area contributed by atoms with Crippen LogP contribution in [0, 0.1) is 0 Å². The molecule has 0 fully saturated rings. The van der Waals surface area contributed by atoms with Gasteiger partial charge in [-0.3, -0.25) is 4.55 Å². The lowest BCUT2D eigenvalue weighted by molar-refractivity contribution is 0.379. The number of nitrogens with zero attached hydrogens (tertiary/aromatic N) is 1. The molecule has 24 heavy (non-hydrogen) atoms. The first-order chi connectivity index (χ1) is 11.5. The maximum absolute atomic E-state index is 10.8. The maximum Gasteiger partial charge on any atom is 0.335 e. The van der Waals surface area contributed by atoms with Crippen molar-refractivity contribution >= 4 is 10.3 Å². The second-order valence-corrected chi connectivity index (χ2v) is 8.62. The van der Waals surface area contributed by atoms with Crippen LogP contribution in [0.15, 0.2) is 0 Å². The second-order valence-electron chi connectivity index (χ2n) is 7.10. The zero-order chi connectivity index (χ0) is 18.1. The zero-order valence-corrected chi connectivity index (χ0v) is 17.0. The van der Waals surface area contributed by atoms with Gasteiger partial charge < -0.3 is 0 Å². The molecule has 146 valence electrons. The Bertz CT molecular complexity index is 358. The van der Waals surface area contributed by atoms with Gasteiger partial charge in [0.15, 0.2) is 0 Å². The van der Waals surface area contributed by atoms with Gasteiger partial charge in [0.25, 0.3) is 0 Å². The summed E-state index contributed by atoms with van der Waals surface area (Å²) in [5.41, 5.74) is 0. The summed E-state index contributed by atoms with van der Waals surface area (Å²) in [5, 5.41) is 0.